The Kier molecular flexibility index (Phi) is 6.59. The Labute approximate surface area is 196 Å². The molecular weight excluding hydrogens is 461 g/mol. The minimum atomic E-state index is -0.955. The van der Waals surface area contributed by atoms with E-state index in [4.69, 9.17) is 10.7 Å². The lowest BCUT2D eigenvalue weighted by molar-refractivity contribution is 0.568. The van der Waals surface area contributed by atoms with E-state index >= 15 is 0 Å². The molecule has 4 aromatic rings. The number of para-hydroxylation sites is 1. The molecular formula is C23H17F3N8O. The number of hydrogen-bond acceptors (Lipinski definition) is 6. The van der Waals surface area contributed by atoms with Crippen LogP contribution in [-0.2, 0) is 0 Å². The highest BCUT2D eigenvalue weighted by atomic mass is 19.1. The van der Waals surface area contributed by atoms with Crippen LogP contribution in [0, 0.1) is 34.3 Å². The third kappa shape index (κ3) is 4.88. The van der Waals surface area contributed by atoms with Gasteiger partial charge in [-0.15, -0.1) is 0 Å². The number of nitrogens with zero attached hydrogens (tertiary/aromatic N) is 4. The van der Waals surface area contributed by atoms with Crippen LogP contribution in [0.25, 0.3) is 28.0 Å². The van der Waals surface area contributed by atoms with Gasteiger partial charge in [-0.1, -0.05) is 6.07 Å². The summed E-state index contributed by atoms with van der Waals surface area (Å²) in [5.74, 6) is -2.55. The van der Waals surface area contributed by atoms with Gasteiger partial charge in [-0.3, -0.25) is 20.1 Å². The molecule has 2 aromatic carbocycles. The van der Waals surface area contributed by atoms with Crippen LogP contribution in [0.15, 0.2) is 59.4 Å². The molecule has 0 spiro atoms. The average molecular weight is 478 g/mol. The fraction of sp³-hybridized carbons (Fsp3) is 0.0870. The second-order valence-corrected chi connectivity index (χ2v) is 7.18. The minimum absolute atomic E-state index is 0.0227. The summed E-state index contributed by atoms with van der Waals surface area (Å²) in [6, 6.07) is 11.3. The average Bonchev–Trinajstić information content (AvgIpc) is 2.83. The van der Waals surface area contributed by atoms with Crippen molar-refractivity contribution in [2.24, 2.45) is 0 Å². The van der Waals surface area contributed by atoms with Gasteiger partial charge in [0.25, 0.3) is 5.56 Å². The standard InChI is InChI=1S/C23H17F3N8O/c24-14-6-4-13(5-7-14)19-15-8-9-18(35)34(20-16(25)2-1-3-17(20)26)21(15)33-23(32-19)30-11-10-29-22(28)31-12-27/h1-9H,10-11H2,(H3,28,29,31)(H,30,32,33). The van der Waals surface area contributed by atoms with E-state index in [0.29, 0.717) is 16.6 Å². The number of halogens is 3. The molecule has 0 unspecified atom stereocenters. The van der Waals surface area contributed by atoms with Gasteiger partial charge in [-0.05, 0) is 42.5 Å². The zero-order valence-corrected chi connectivity index (χ0v) is 17.9. The lowest BCUT2D eigenvalue weighted by atomic mass is 10.1. The number of benzene rings is 2. The quantitative estimate of drug-likeness (QED) is 0.110. The van der Waals surface area contributed by atoms with Crippen LogP contribution in [0.5, 0.6) is 0 Å². The molecule has 35 heavy (non-hydrogen) atoms. The maximum Gasteiger partial charge on any atom is 0.256 e. The van der Waals surface area contributed by atoms with E-state index in [9.17, 15) is 18.0 Å². The fourth-order valence-electron chi connectivity index (χ4n) is 3.40. The van der Waals surface area contributed by atoms with Crippen LogP contribution in [0.4, 0.5) is 19.1 Å². The largest absolute Gasteiger partial charge is 0.354 e. The van der Waals surface area contributed by atoms with Crippen molar-refractivity contribution in [1.82, 2.24) is 25.2 Å². The van der Waals surface area contributed by atoms with Crippen LogP contribution in [0.1, 0.15) is 0 Å². The van der Waals surface area contributed by atoms with Crippen molar-refractivity contribution in [3.8, 4) is 23.1 Å². The fourth-order valence-corrected chi connectivity index (χ4v) is 3.40. The van der Waals surface area contributed by atoms with Gasteiger partial charge < -0.3 is 10.6 Å². The van der Waals surface area contributed by atoms with Gasteiger partial charge in [0.1, 0.15) is 23.1 Å². The molecule has 0 amide bonds. The molecule has 4 N–H and O–H groups in total. The molecule has 176 valence electrons. The summed E-state index contributed by atoms with van der Waals surface area (Å²) in [4.78, 5) is 21.6. The molecule has 0 aliphatic rings. The number of rotatable bonds is 6. The van der Waals surface area contributed by atoms with Gasteiger partial charge in [-0.25, -0.2) is 18.2 Å². The van der Waals surface area contributed by atoms with Gasteiger partial charge in [-0.2, -0.15) is 10.2 Å². The second-order valence-electron chi connectivity index (χ2n) is 7.18. The van der Waals surface area contributed by atoms with Crippen molar-refractivity contribution >= 4 is 22.9 Å². The summed E-state index contributed by atoms with van der Waals surface area (Å²) >= 11 is 0. The summed E-state index contributed by atoms with van der Waals surface area (Å²) in [6.07, 6.45) is 1.61. The summed E-state index contributed by atoms with van der Waals surface area (Å²) in [5, 5.41) is 24.0. The first kappa shape index (κ1) is 23.2. The predicted octanol–water partition coefficient (Wildman–Crippen LogP) is 2.87. The molecule has 2 aromatic heterocycles. The zero-order valence-electron chi connectivity index (χ0n) is 17.9. The Hall–Kier alpha value is -4.92. The van der Waals surface area contributed by atoms with E-state index in [1.54, 1.807) is 6.19 Å². The molecule has 0 aliphatic carbocycles. The molecule has 2 heterocycles. The van der Waals surface area contributed by atoms with Crippen molar-refractivity contribution in [1.29, 1.82) is 10.7 Å². The lowest BCUT2D eigenvalue weighted by Crippen LogP contribution is -2.36. The van der Waals surface area contributed by atoms with Crippen molar-refractivity contribution in [2.45, 2.75) is 0 Å². The summed E-state index contributed by atoms with van der Waals surface area (Å²) in [7, 11) is 0. The number of fused-ring (bicyclic) bond motifs is 1. The van der Waals surface area contributed by atoms with Crippen LogP contribution in [0.3, 0.4) is 0 Å². The van der Waals surface area contributed by atoms with Crippen molar-refractivity contribution in [3.05, 3.63) is 82.4 Å². The van der Waals surface area contributed by atoms with Crippen molar-refractivity contribution in [3.63, 3.8) is 0 Å². The zero-order chi connectivity index (χ0) is 24.9. The summed E-state index contributed by atoms with van der Waals surface area (Å²) in [6.45, 7) is 0.388. The molecule has 0 fully saturated rings. The minimum Gasteiger partial charge on any atom is -0.354 e. The smallest absolute Gasteiger partial charge is 0.256 e. The highest BCUT2D eigenvalue weighted by Crippen LogP contribution is 2.29. The Bertz CT molecular complexity index is 1490. The predicted molar refractivity (Wildman–Crippen MR) is 123 cm³/mol. The third-order valence-electron chi connectivity index (χ3n) is 4.92. The van der Waals surface area contributed by atoms with Crippen molar-refractivity contribution in [2.75, 3.05) is 18.4 Å². The van der Waals surface area contributed by atoms with Gasteiger partial charge in [0.05, 0.1) is 5.69 Å². The number of anilines is 1. The first-order valence-electron chi connectivity index (χ1n) is 10.2. The third-order valence-corrected chi connectivity index (χ3v) is 4.92. The Morgan fingerprint density at radius 2 is 1.71 bits per heavy atom. The number of pyridine rings is 1. The number of nitrogens with one attached hydrogen (secondary N) is 4. The van der Waals surface area contributed by atoms with E-state index in [1.165, 1.54) is 36.4 Å². The lowest BCUT2D eigenvalue weighted by Gasteiger charge is -2.15. The molecule has 0 aliphatic heterocycles. The maximum absolute atomic E-state index is 14.6. The Morgan fingerprint density at radius 1 is 1.00 bits per heavy atom. The van der Waals surface area contributed by atoms with Crippen LogP contribution >= 0.6 is 0 Å². The van der Waals surface area contributed by atoms with Crippen LogP contribution in [-0.4, -0.2) is 33.6 Å². The van der Waals surface area contributed by atoms with Crippen molar-refractivity contribution < 1.29 is 13.2 Å². The number of hydrogen-bond donors (Lipinski definition) is 4. The van der Waals surface area contributed by atoms with E-state index in [1.807, 2.05) is 0 Å². The SMILES string of the molecule is N#CNC(=N)NCCNc1nc(-c2ccc(F)cc2)c2ccc(=O)n(-c3c(F)cccc3F)c2n1. The summed E-state index contributed by atoms with van der Waals surface area (Å²) in [5.41, 5.74) is -0.580. The second kappa shape index (κ2) is 9.92. The Balaban J connectivity index is 1.86. The van der Waals surface area contributed by atoms with Crippen LogP contribution < -0.4 is 21.5 Å². The molecule has 0 saturated heterocycles. The highest BCUT2D eigenvalue weighted by Gasteiger charge is 2.19. The van der Waals surface area contributed by atoms with Gasteiger partial charge in [0.2, 0.25) is 11.9 Å². The molecule has 9 nitrogen and oxygen atoms in total. The van der Waals surface area contributed by atoms with Gasteiger partial charge in [0, 0.05) is 30.1 Å². The molecule has 0 saturated carbocycles. The molecule has 12 heteroatoms. The first-order valence-corrected chi connectivity index (χ1v) is 10.2. The number of guanidine groups is 1. The monoisotopic (exact) mass is 478 g/mol. The molecule has 4 rings (SSSR count). The number of nitriles is 1. The topological polar surface area (TPSA) is 132 Å². The number of aromatic nitrogens is 3. The van der Waals surface area contributed by atoms with Gasteiger partial charge in [0.15, 0.2) is 11.8 Å². The Morgan fingerprint density at radius 3 is 2.40 bits per heavy atom. The first-order chi connectivity index (χ1) is 16.9. The molecule has 0 bridgehead atoms. The van der Waals surface area contributed by atoms with E-state index < -0.39 is 28.7 Å². The summed E-state index contributed by atoms with van der Waals surface area (Å²) < 4.78 is 43.6. The van der Waals surface area contributed by atoms with Crippen LogP contribution in [0.2, 0.25) is 0 Å². The van der Waals surface area contributed by atoms with Gasteiger partial charge >= 0.3 is 0 Å². The molecule has 0 radical (unpaired) electrons. The molecule has 0 atom stereocenters. The van der Waals surface area contributed by atoms with E-state index in [2.05, 4.69) is 25.9 Å². The maximum atomic E-state index is 14.6. The van der Waals surface area contributed by atoms with E-state index in [0.717, 1.165) is 22.8 Å². The normalized spacial score (nSPS) is 10.6. The highest BCUT2D eigenvalue weighted by molar-refractivity contribution is 5.92. The van der Waals surface area contributed by atoms with E-state index in [-0.39, 0.29) is 30.6 Å².